The highest BCUT2D eigenvalue weighted by Crippen LogP contribution is 2.26. The van der Waals surface area contributed by atoms with Gasteiger partial charge in [-0.2, -0.15) is 0 Å². The predicted molar refractivity (Wildman–Crippen MR) is 116 cm³/mol. The van der Waals surface area contributed by atoms with Gasteiger partial charge in [-0.1, -0.05) is 30.7 Å². The van der Waals surface area contributed by atoms with Crippen LogP contribution in [0.2, 0.25) is 0 Å². The van der Waals surface area contributed by atoms with Crippen LogP contribution in [0.4, 0.5) is 5.69 Å². The van der Waals surface area contributed by atoms with Crippen molar-refractivity contribution in [2.75, 3.05) is 11.9 Å². The van der Waals surface area contributed by atoms with Crippen LogP contribution in [-0.2, 0) is 10.0 Å². The highest BCUT2D eigenvalue weighted by Gasteiger charge is 2.20. The van der Waals surface area contributed by atoms with E-state index < -0.39 is 15.9 Å². The third kappa shape index (κ3) is 4.23. The van der Waals surface area contributed by atoms with Crippen LogP contribution in [0.1, 0.15) is 41.8 Å². The third-order valence-electron chi connectivity index (χ3n) is 5.08. The molecule has 0 saturated heterocycles. The number of benzene rings is 2. The maximum atomic E-state index is 12.8. The lowest BCUT2D eigenvalue weighted by atomic mass is 10.1. The molecule has 0 fully saturated rings. The van der Waals surface area contributed by atoms with Gasteiger partial charge in [-0.15, -0.1) is 0 Å². The van der Waals surface area contributed by atoms with Crippen molar-refractivity contribution in [1.82, 2.24) is 4.72 Å². The predicted octanol–water partition coefficient (Wildman–Crippen LogP) is 4.24. The fraction of sp³-hybridized carbons (Fsp3) is 0.273. The molecule has 2 heterocycles. The molecule has 3 aromatic rings. The first-order chi connectivity index (χ1) is 14.4. The van der Waals surface area contributed by atoms with Crippen molar-refractivity contribution in [2.24, 2.45) is 4.99 Å². The van der Waals surface area contributed by atoms with Crippen molar-refractivity contribution >= 4 is 38.4 Å². The van der Waals surface area contributed by atoms with Gasteiger partial charge in [0.1, 0.15) is 11.4 Å². The zero-order chi connectivity index (χ0) is 21.1. The number of fused-ring (bicyclic) bond motifs is 1. The van der Waals surface area contributed by atoms with E-state index in [9.17, 15) is 13.2 Å². The summed E-state index contributed by atoms with van der Waals surface area (Å²) in [7, 11) is -3.78. The first-order valence-electron chi connectivity index (χ1n) is 9.90. The van der Waals surface area contributed by atoms with Crippen LogP contribution in [0.5, 0.6) is 0 Å². The van der Waals surface area contributed by atoms with E-state index in [0.29, 0.717) is 30.1 Å². The molecular weight excluding hydrogens is 402 g/mol. The van der Waals surface area contributed by atoms with Gasteiger partial charge in [0.2, 0.25) is 0 Å². The Bertz CT molecular complexity index is 1230. The summed E-state index contributed by atoms with van der Waals surface area (Å²) in [5.41, 5.74) is 1.73. The molecule has 1 amide bonds. The fourth-order valence-corrected chi connectivity index (χ4v) is 4.63. The molecule has 0 unspecified atom stereocenters. The number of para-hydroxylation sites is 1. The van der Waals surface area contributed by atoms with E-state index in [1.54, 1.807) is 18.2 Å². The SMILES string of the molecule is Cc1c(C(=O)Nc2cccc(S(=O)(=O)NC3=NCCCCC3)c2)oc2ccccc12. The molecular formula is C22H23N3O4S. The molecule has 0 radical (unpaired) electrons. The monoisotopic (exact) mass is 425 g/mol. The van der Waals surface area contributed by atoms with Crippen LogP contribution in [0.3, 0.4) is 0 Å². The minimum atomic E-state index is -3.78. The van der Waals surface area contributed by atoms with Crippen LogP contribution in [0, 0.1) is 6.92 Å². The van der Waals surface area contributed by atoms with Gasteiger partial charge in [0.05, 0.1) is 4.90 Å². The number of anilines is 1. The van der Waals surface area contributed by atoms with Gasteiger partial charge in [0.15, 0.2) is 5.76 Å². The highest BCUT2D eigenvalue weighted by molar-refractivity contribution is 7.90. The maximum absolute atomic E-state index is 12.8. The minimum Gasteiger partial charge on any atom is -0.451 e. The first-order valence-corrected chi connectivity index (χ1v) is 11.4. The van der Waals surface area contributed by atoms with Crippen molar-refractivity contribution in [1.29, 1.82) is 0 Å². The van der Waals surface area contributed by atoms with Crippen molar-refractivity contribution in [3.63, 3.8) is 0 Å². The molecule has 4 rings (SSSR count). The Morgan fingerprint density at radius 3 is 2.73 bits per heavy atom. The van der Waals surface area contributed by atoms with Crippen LogP contribution < -0.4 is 10.0 Å². The molecule has 0 saturated carbocycles. The lowest BCUT2D eigenvalue weighted by Crippen LogP contribution is -2.30. The molecule has 2 N–H and O–H groups in total. The van der Waals surface area contributed by atoms with Crippen molar-refractivity contribution in [3.8, 4) is 0 Å². The highest BCUT2D eigenvalue weighted by atomic mass is 32.2. The smallest absolute Gasteiger partial charge is 0.291 e. The topological polar surface area (TPSA) is 101 Å². The number of nitrogens with zero attached hydrogens (tertiary/aromatic N) is 1. The van der Waals surface area contributed by atoms with Gasteiger partial charge in [-0.25, -0.2) is 8.42 Å². The van der Waals surface area contributed by atoms with E-state index in [4.69, 9.17) is 4.42 Å². The summed E-state index contributed by atoms with van der Waals surface area (Å²) in [5.74, 6) is 0.259. The number of hydrogen-bond acceptors (Lipinski definition) is 5. The van der Waals surface area contributed by atoms with E-state index in [1.807, 2.05) is 25.1 Å². The molecule has 1 aliphatic rings. The van der Waals surface area contributed by atoms with Gasteiger partial charge in [0.25, 0.3) is 15.9 Å². The molecule has 156 valence electrons. The standard InChI is InChI=1S/C22H23N3O4S/c1-15-18-10-4-5-11-19(18)29-21(15)22(26)24-16-8-7-9-17(14-16)30(27,28)25-20-12-3-2-6-13-23-20/h4-5,7-11,14H,2-3,6,12-13H2,1H3,(H,23,25)(H,24,26). The van der Waals surface area contributed by atoms with Gasteiger partial charge < -0.3 is 9.73 Å². The molecule has 1 aromatic heterocycles. The van der Waals surface area contributed by atoms with E-state index >= 15 is 0 Å². The number of nitrogens with one attached hydrogen (secondary N) is 2. The second-order valence-corrected chi connectivity index (χ2v) is 8.96. The lowest BCUT2D eigenvalue weighted by Gasteiger charge is -2.11. The van der Waals surface area contributed by atoms with Crippen LogP contribution >= 0.6 is 0 Å². The minimum absolute atomic E-state index is 0.0635. The molecule has 2 aromatic carbocycles. The van der Waals surface area contributed by atoms with Gasteiger partial charge in [-0.3, -0.25) is 14.5 Å². The molecule has 0 spiro atoms. The van der Waals surface area contributed by atoms with Crippen LogP contribution in [0.15, 0.2) is 62.8 Å². The number of amides is 1. The summed E-state index contributed by atoms with van der Waals surface area (Å²) < 4.78 is 33.8. The Morgan fingerprint density at radius 2 is 1.90 bits per heavy atom. The number of amidine groups is 1. The molecule has 0 bridgehead atoms. The molecule has 0 atom stereocenters. The summed E-state index contributed by atoms with van der Waals surface area (Å²) >= 11 is 0. The number of carbonyl (C=O) groups excluding carboxylic acids is 1. The summed E-state index contributed by atoms with van der Waals surface area (Å²) in [6, 6.07) is 13.5. The van der Waals surface area contributed by atoms with E-state index in [0.717, 1.165) is 30.2 Å². The number of aliphatic imine (C=N–C) groups is 1. The maximum Gasteiger partial charge on any atom is 0.291 e. The van der Waals surface area contributed by atoms with Gasteiger partial charge in [0, 0.05) is 29.6 Å². The van der Waals surface area contributed by atoms with Crippen LogP contribution in [-0.4, -0.2) is 26.7 Å². The Labute approximate surface area is 175 Å². The van der Waals surface area contributed by atoms with E-state index in [1.165, 1.54) is 12.1 Å². The number of rotatable bonds is 4. The van der Waals surface area contributed by atoms with Gasteiger partial charge >= 0.3 is 0 Å². The van der Waals surface area contributed by atoms with Crippen molar-refractivity contribution in [3.05, 3.63) is 59.9 Å². The number of carbonyl (C=O) groups is 1. The zero-order valence-corrected chi connectivity index (χ0v) is 17.5. The Kier molecular flexibility index (Phi) is 5.59. The quantitative estimate of drug-likeness (QED) is 0.653. The molecule has 8 heteroatoms. The Hall–Kier alpha value is -3.13. The molecule has 30 heavy (non-hydrogen) atoms. The molecule has 7 nitrogen and oxygen atoms in total. The van der Waals surface area contributed by atoms with E-state index in [-0.39, 0.29) is 10.7 Å². The van der Waals surface area contributed by atoms with E-state index in [2.05, 4.69) is 15.0 Å². The number of sulfonamides is 1. The summed E-state index contributed by atoms with van der Waals surface area (Å²) in [6.45, 7) is 2.45. The summed E-state index contributed by atoms with van der Waals surface area (Å²) in [4.78, 5) is 17.1. The fourth-order valence-electron chi connectivity index (χ4n) is 3.49. The average Bonchev–Trinajstić information content (AvgIpc) is 2.88. The number of aryl methyl sites for hydroxylation is 1. The summed E-state index contributed by atoms with van der Waals surface area (Å²) in [5, 5.41) is 3.60. The zero-order valence-electron chi connectivity index (χ0n) is 16.6. The summed E-state index contributed by atoms with van der Waals surface area (Å²) in [6.07, 6.45) is 3.53. The van der Waals surface area contributed by atoms with Crippen molar-refractivity contribution in [2.45, 2.75) is 37.5 Å². The number of furan rings is 1. The Balaban J connectivity index is 1.54. The largest absolute Gasteiger partial charge is 0.451 e. The average molecular weight is 426 g/mol. The second-order valence-electron chi connectivity index (χ2n) is 7.28. The van der Waals surface area contributed by atoms with Crippen LogP contribution in [0.25, 0.3) is 11.0 Å². The Morgan fingerprint density at radius 1 is 1.07 bits per heavy atom. The molecule has 0 aliphatic carbocycles. The van der Waals surface area contributed by atoms with Crippen molar-refractivity contribution < 1.29 is 17.6 Å². The molecule has 1 aliphatic heterocycles. The van der Waals surface area contributed by atoms with Gasteiger partial charge in [-0.05, 0) is 44.0 Å². The third-order valence-corrected chi connectivity index (χ3v) is 6.46. The lowest BCUT2D eigenvalue weighted by molar-refractivity contribution is 0.0998. The second kappa shape index (κ2) is 8.31. The first kappa shape index (κ1) is 20.2. The number of hydrogen-bond donors (Lipinski definition) is 2. The normalized spacial score (nSPS) is 14.8.